The van der Waals surface area contributed by atoms with Crippen LogP contribution in [0.2, 0.25) is 0 Å². The Labute approximate surface area is 148 Å². The Bertz CT molecular complexity index is 525. The Balaban J connectivity index is 2.73. The molecule has 1 rings (SSSR count). The van der Waals surface area contributed by atoms with Crippen LogP contribution in [-0.4, -0.2) is 41.9 Å². The largest absolute Gasteiger partial charge is 0.368 e. The van der Waals surface area contributed by atoms with Crippen molar-refractivity contribution in [3.8, 4) is 0 Å². The van der Waals surface area contributed by atoms with Crippen LogP contribution in [0.4, 0.5) is 0 Å². The molecule has 1 aliphatic rings. The summed E-state index contributed by atoms with van der Waals surface area (Å²) in [7, 11) is 0. The summed E-state index contributed by atoms with van der Waals surface area (Å²) in [6.45, 7) is 15.6. The van der Waals surface area contributed by atoms with Crippen molar-refractivity contribution < 1.29 is 4.79 Å². The van der Waals surface area contributed by atoms with Crippen molar-refractivity contribution in [2.75, 3.05) is 26.2 Å². The van der Waals surface area contributed by atoms with Crippen LogP contribution in [-0.2, 0) is 4.79 Å². The fourth-order valence-corrected chi connectivity index (χ4v) is 2.59. The molecular formula is C21H34N2O. The second-order valence-electron chi connectivity index (χ2n) is 7.39. The van der Waals surface area contributed by atoms with E-state index in [0.29, 0.717) is 0 Å². The first kappa shape index (κ1) is 20.3. The SMILES string of the molecule is CC=CC=C(C=CCC(C)=CC)N1CCN(C(=O)C(C)(C)C)CC1. The summed E-state index contributed by atoms with van der Waals surface area (Å²) in [4.78, 5) is 16.8. The van der Waals surface area contributed by atoms with Gasteiger partial charge in [0.15, 0.2) is 0 Å². The summed E-state index contributed by atoms with van der Waals surface area (Å²) < 4.78 is 0. The van der Waals surface area contributed by atoms with E-state index in [1.54, 1.807) is 0 Å². The predicted molar refractivity (Wildman–Crippen MR) is 104 cm³/mol. The van der Waals surface area contributed by atoms with Crippen molar-refractivity contribution in [3.63, 3.8) is 0 Å². The summed E-state index contributed by atoms with van der Waals surface area (Å²) in [5.41, 5.74) is 2.30. The van der Waals surface area contributed by atoms with Crippen molar-refractivity contribution in [1.29, 1.82) is 0 Å². The van der Waals surface area contributed by atoms with Gasteiger partial charge in [-0.3, -0.25) is 4.79 Å². The standard InChI is InChI=1S/C21H34N2O/c1-7-9-12-19(13-10-11-18(3)8-2)22-14-16-23(17-15-22)20(24)21(4,5)6/h7-10,12-13H,11,14-17H2,1-6H3. The lowest BCUT2D eigenvalue weighted by Gasteiger charge is -2.39. The van der Waals surface area contributed by atoms with Gasteiger partial charge in [0.05, 0.1) is 0 Å². The number of hydrogen-bond donors (Lipinski definition) is 0. The summed E-state index contributed by atoms with van der Waals surface area (Å²) in [5, 5.41) is 0. The van der Waals surface area contributed by atoms with Crippen LogP contribution in [0.3, 0.4) is 0 Å². The van der Waals surface area contributed by atoms with Crippen molar-refractivity contribution in [3.05, 3.63) is 47.7 Å². The highest BCUT2D eigenvalue weighted by Crippen LogP contribution is 2.20. The van der Waals surface area contributed by atoms with E-state index in [-0.39, 0.29) is 11.3 Å². The zero-order valence-electron chi connectivity index (χ0n) is 16.3. The average molecular weight is 331 g/mol. The van der Waals surface area contributed by atoms with Crippen LogP contribution in [0.1, 0.15) is 48.0 Å². The van der Waals surface area contributed by atoms with Crippen molar-refractivity contribution >= 4 is 5.91 Å². The van der Waals surface area contributed by atoms with Gasteiger partial charge in [0.25, 0.3) is 0 Å². The number of amides is 1. The smallest absolute Gasteiger partial charge is 0.228 e. The number of carbonyl (C=O) groups excluding carboxylic acids is 1. The molecule has 0 aromatic rings. The molecule has 1 heterocycles. The third-order valence-corrected chi connectivity index (χ3v) is 4.25. The van der Waals surface area contributed by atoms with Crippen molar-refractivity contribution in [2.24, 2.45) is 5.41 Å². The number of allylic oxidation sites excluding steroid dienone is 7. The summed E-state index contributed by atoms with van der Waals surface area (Å²) in [6, 6.07) is 0. The summed E-state index contributed by atoms with van der Waals surface area (Å²) in [5.74, 6) is 0.250. The van der Waals surface area contributed by atoms with E-state index < -0.39 is 0 Å². The van der Waals surface area contributed by atoms with Crippen LogP contribution < -0.4 is 0 Å². The van der Waals surface area contributed by atoms with Gasteiger partial charge >= 0.3 is 0 Å². The number of hydrogen-bond acceptors (Lipinski definition) is 2. The Morgan fingerprint density at radius 1 is 1.04 bits per heavy atom. The molecule has 0 bridgehead atoms. The zero-order chi connectivity index (χ0) is 18.2. The van der Waals surface area contributed by atoms with Gasteiger partial charge in [-0.15, -0.1) is 0 Å². The van der Waals surface area contributed by atoms with Crippen LogP contribution in [0.5, 0.6) is 0 Å². The molecule has 0 aliphatic carbocycles. The first-order chi connectivity index (χ1) is 11.3. The van der Waals surface area contributed by atoms with Crippen LogP contribution >= 0.6 is 0 Å². The molecular weight excluding hydrogens is 296 g/mol. The highest BCUT2D eigenvalue weighted by molar-refractivity contribution is 5.81. The van der Waals surface area contributed by atoms with Gasteiger partial charge in [0, 0.05) is 37.3 Å². The van der Waals surface area contributed by atoms with Crippen LogP contribution in [0.25, 0.3) is 0 Å². The molecule has 0 radical (unpaired) electrons. The molecule has 0 atom stereocenters. The first-order valence-electron chi connectivity index (χ1n) is 8.95. The van der Waals surface area contributed by atoms with Gasteiger partial charge in [-0.2, -0.15) is 0 Å². The van der Waals surface area contributed by atoms with Gasteiger partial charge in [0.2, 0.25) is 5.91 Å². The Morgan fingerprint density at radius 3 is 2.12 bits per heavy atom. The molecule has 1 fully saturated rings. The fourth-order valence-electron chi connectivity index (χ4n) is 2.59. The molecule has 24 heavy (non-hydrogen) atoms. The fraction of sp³-hybridized carbons (Fsp3) is 0.571. The molecule has 0 aromatic heterocycles. The van der Waals surface area contributed by atoms with Gasteiger partial charge in [-0.1, -0.05) is 50.6 Å². The first-order valence-corrected chi connectivity index (χ1v) is 8.95. The van der Waals surface area contributed by atoms with E-state index >= 15 is 0 Å². The lowest BCUT2D eigenvalue weighted by atomic mass is 9.94. The average Bonchev–Trinajstić information content (AvgIpc) is 2.56. The molecule has 1 amide bonds. The van der Waals surface area contributed by atoms with Crippen molar-refractivity contribution in [2.45, 2.75) is 48.0 Å². The highest BCUT2D eigenvalue weighted by atomic mass is 16.2. The van der Waals surface area contributed by atoms with Crippen LogP contribution in [0.15, 0.2) is 47.7 Å². The maximum Gasteiger partial charge on any atom is 0.228 e. The molecule has 134 valence electrons. The van der Waals surface area contributed by atoms with E-state index in [0.717, 1.165) is 32.6 Å². The van der Waals surface area contributed by atoms with E-state index in [2.05, 4.69) is 49.1 Å². The Kier molecular flexibility index (Phi) is 8.03. The van der Waals surface area contributed by atoms with Crippen molar-refractivity contribution in [1.82, 2.24) is 9.80 Å². The minimum Gasteiger partial charge on any atom is -0.368 e. The minimum atomic E-state index is -0.296. The number of piperazine rings is 1. The maximum absolute atomic E-state index is 12.4. The van der Waals surface area contributed by atoms with E-state index in [1.807, 2.05) is 38.7 Å². The van der Waals surface area contributed by atoms with Crippen LogP contribution in [0, 0.1) is 5.41 Å². The Hall–Kier alpha value is -1.77. The molecule has 0 aromatic carbocycles. The predicted octanol–water partition coefficient (Wildman–Crippen LogP) is 4.55. The third-order valence-electron chi connectivity index (χ3n) is 4.25. The monoisotopic (exact) mass is 330 g/mol. The molecule has 3 nitrogen and oxygen atoms in total. The van der Waals surface area contributed by atoms with Gasteiger partial charge in [-0.05, 0) is 39.3 Å². The summed E-state index contributed by atoms with van der Waals surface area (Å²) in [6.07, 6.45) is 13.8. The van der Waals surface area contributed by atoms with Gasteiger partial charge in [-0.25, -0.2) is 0 Å². The number of carbonyl (C=O) groups is 1. The van der Waals surface area contributed by atoms with E-state index in [4.69, 9.17) is 0 Å². The topological polar surface area (TPSA) is 23.6 Å². The molecule has 1 saturated heterocycles. The molecule has 0 saturated carbocycles. The lowest BCUT2D eigenvalue weighted by molar-refractivity contribution is -0.140. The molecule has 3 heteroatoms. The normalized spacial score (nSPS) is 18.1. The second-order valence-corrected chi connectivity index (χ2v) is 7.39. The van der Waals surface area contributed by atoms with E-state index in [1.165, 1.54) is 11.3 Å². The Morgan fingerprint density at radius 2 is 1.62 bits per heavy atom. The molecule has 0 spiro atoms. The molecule has 0 unspecified atom stereocenters. The van der Waals surface area contributed by atoms with Gasteiger partial charge in [0.1, 0.15) is 0 Å². The summed E-state index contributed by atoms with van der Waals surface area (Å²) >= 11 is 0. The third kappa shape index (κ3) is 6.38. The number of rotatable bonds is 5. The number of nitrogens with zero attached hydrogens (tertiary/aromatic N) is 2. The zero-order valence-corrected chi connectivity index (χ0v) is 16.3. The quantitative estimate of drug-likeness (QED) is 0.545. The second kappa shape index (κ2) is 9.51. The molecule has 1 aliphatic heterocycles. The minimum absolute atomic E-state index is 0.250. The molecule has 0 N–H and O–H groups in total. The van der Waals surface area contributed by atoms with E-state index in [9.17, 15) is 4.79 Å². The maximum atomic E-state index is 12.4. The van der Waals surface area contributed by atoms with Gasteiger partial charge < -0.3 is 9.80 Å². The highest BCUT2D eigenvalue weighted by Gasteiger charge is 2.29. The lowest BCUT2D eigenvalue weighted by Crippen LogP contribution is -2.51.